The number of hydrogen-bond donors (Lipinski definition) is 2. The Kier molecular flexibility index (Phi) is 3.41. The Balaban J connectivity index is 1.31. The lowest BCUT2D eigenvalue weighted by molar-refractivity contribution is 0.102. The second-order valence-corrected chi connectivity index (χ2v) is 7.35. The first-order chi connectivity index (χ1) is 13.0. The zero-order valence-electron chi connectivity index (χ0n) is 15.1. The maximum absolute atomic E-state index is 12.5. The van der Waals surface area contributed by atoms with Crippen molar-refractivity contribution in [3.8, 4) is 0 Å². The van der Waals surface area contributed by atoms with E-state index in [0.717, 1.165) is 35.9 Å². The molecule has 1 aliphatic carbocycles. The molecule has 1 unspecified atom stereocenters. The van der Waals surface area contributed by atoms with Crippen LogP contribution >= 0.6 is 0 Å². The van der Waals surface area contributed by atoms with Gasteiger partial charge in [-0.15, -0.1) is 0 Å². The molecule has 1 amide bonds. The number of rotatable bonds is 3. The summed E-state index contributed by atoms with van der Waals surface area (Å²) in [4.78, 5) is 32.1. The third-order valence-corrected chi connectivity index (χ3v) is 5.42. The summed E-state index contributed by atoms with van der Waals surface area (Å²) in [5.74, 6) is 2.04. The molecule has 0 spiro atoms. The second-order valence-electron chi connectivity index (χ2n) is 7.35. The van der Waals surface area contributed by atoms with E-state index in [1.807, 2.05) is 24.4 Å². The van der Waals surface area contributed by atoms with Crippen molar-refractivity contribution >= 4 is 23.2 Å². The first kappa shape index (κ1) is 16.1. The number of anilines is 2. The van der Waals surface area contributed by atoms with Crippen LogP contribution in [0.1, 0.15) is 21.9 Å². The standard InChI is InChI=1S/C18H20N8O/c1-9-5-26-8-14(23-10(2)17(26)22-9)24-18(27)13-3-21-15(4-20-13)25-6-11-12(7-25)16(11)19/h3-5,8,11-12,16H,6-7,19H2,1-2H3,(H,24,27)/t11-,12+,16?. The van der Waals surface area contributed by atoms with Gasteiger partial charge in [0, 0.05) is 25.3 Å². The summed E-state index contributed by atoms with van der Waals surface area (Å²) >= 11 is 0. The van der Waals surface area contributed by atoms with E-state index in [9.17, 15) is 4.79 Å². The largest absolute Gasteiger partial charge is 0.355 e. The molecule has 5 rings (SSSR count). The number of carbonyl (C=O) groups excluding carboxylic acids is 1. The van der Waals surface area contributed by atoms with Crippen molar-refractivity contribution < 1.29 is 4.79 Å². The summed E-state index contributed by atoms with van der Waals surface area (Å²) in [6.07, 6.45) is 6.77. The summed E-state index contributed by atoms with van der Waals surface area (Å²) in [5.41, 5.74) is 8.63. The van der Waals surface area contributed by atoms with Crippen LogP contribution in [-0.4, -0.2) is 49.4 Å². The molecule has 1 aliphatic heterocycles. The Hall–Kier alpha value is -3.07. The smallest absolute Gasteiger partial charge is 0.277 e. The molecule has 2 aliphatic rings. The highest BCUT2D eigenvalue weighted by atomic mass is 16.1. The van der Waals surface area contributed by atoms with Crippen LogP contribution in [-0.2, 0) is 0 Å². The molecule has 0 aromatic carbocycles. The molecule has 9 nitrogen and oxygen atoms in total. The molecule has 0 radical (unpaired) electrons. The van der Waals surface area contributed by atoms with Crippen molar-refractivity contribution in [3.05, 3.63) is 41.9 Å². The van der Waals surface area contributed by atoms with Gasteiger partial charge < -0.3 is 20.4 Å². The van der Waals surface area contributed by atoms with Gasteiger partial charge in [0.1, 0.15) is 17.3 Å². The maximum Gasteiger partial charge on any atom is 0.277 e. The number of fused-ring (bicyclic) bond motifs is 2. The van der Waals surface area contributed by atoms with Gasteiger partial charge in [-0.2, -0.15) is 0 Å². The van der Waals surface area contributed by atoms with E-state index in [-0.39, 0.29) is 11.6 Å². The predicted molar refractivity (Wildman–Crippen MR) is 99.6 cm³/mol. The quantitative estimate of drug-likeness (QED) is 0.706. The van der Waals surface area contributed by atoms with Crippen LogP contribution in [0.3, 0.4) is 0 Å². The molecule has 3 N–H and O–H groups in total. The predicted octanol–water partition coefficient (Wildman–Crippen LogP) is 0.782. The summed E-state index contributed by atoms with van der Waals surface area (Å²) < 4.78 is 1.85. The molecule has 3 aromatic rings. The molecule has 138 valence electrons. The molecule has 1 saturated carbocycles. The minimum atomic E-state index is -0.344. The van der Waals surface area contributed by atoms with E-state index in [2.05, 4.69) is 30.2 Å². The van der Waals surface area contributed by atoms with E-state index >= 15 is 0 Å². The molecule has 0 bridgehead atoms. The molecular weight excluding hydrogens is 344 g/mol. The molecule has 4 heterocycles. The van der Waals surface area contributed by atoms with E-state index in [1.54, 1.807) is 12.4 Å². The van der Waals surface area contributed by atoms with E-state index in [1.165, 1.54) is 6.20 Å². The van der Waals surface area contributed by atoms with Crippen molar-refractivity contribution in [1.29, 1.82) is 0 Å². The first-order valence-electron chi connectivity index (χ1n) is 8.96. The van der Waals surface area contributed by atoms with Gasteiger partial charge in [-0.3, -0.25) is 4.79 Å². The highest BCUT2D eigenvalue weighted by molar-refractivity contribution is 6.02. The van der Waals surface area contributed by atoms with Crippen LogP contribution in [0.25, 0.3) is 5.65 Å². The van der Waals surface area contributed by atoms with Gasteiger partial charge in [0.2, 0.25) is 0 Å². The number of aryl methyl sites for hydroxylation is 2. The number of piperidine rings is 1. The Labute approximate surface area is 155 Å². The average molecular weight is 364 g/mol. The van der Waals surface area contributed by atoms with Gasteiger partial charge in [0.05, 0.1) is 30.0 Å². The van der Waals surface area contributed by atoms with Gasteiger partial charge in [-0.05, 0) is 25.7 Å². The fourth-order valence-electron chi connectivity index (χ4n) is 3.88. The van der Waals surface area contributed by atoms with E-state index in [4.69, 9.17) is 5.73 Å². The van der Waals surface area contributed by atoms with Gasteiger partial charge in [0.25, 0.3) is 5.91 Å². The van der Waals surface area contributed by atoms with Crippen molar-refractivity contribution in [3.63, 3.8) is 0 Å². The molecule has 9 heteroatoms. The number of nitrogens with zero attached hydrogens (tertiary/aromatic N) is 6. The monoisotopic (exact) mass is 364 g/mol. The molecule has 1 saturated heterocycles. The van der Waals surface area contributed by atoms with Crippen molar-refractivity contribution in [2.45, 2.75) is 19.9 Å². The zero-order chi connectivity index (χ0) is 18.7. The van der Waals surface area contributed by atoms with Gasteiger partial charge in [-0.25, -0.2) is 19.9 Å². The Morgan fingerprint density at radius 2 is 1.93 bits per heavy atom. The van der Waals surface area contributed by atoms with Crippen molar-refractivity contribution in [2.24, 2.45) is 17.6 Å². The van der Waals surface area contributed by atoms with Crippen molar-refractivity contribution in [2.75, 3.05) is 23.3 Å². The Morgan fingerprint density at radius 1 is 1.15 bits per heavy atom. The fraction of sp³-hybridized carbons (Fsp3) is 0.389. The van der Waals surface area contributed by atoms with Gasteiger partial charge >= 0.3 is 0 Å². The van der Waals surface area contributed by atoms with Crippen LogP contribution in [0.4, 0.5) is 11.6 Å². The zero-order valence-corrected chi connectivity index (χ0v) is 15.1. The Bertz CT molecular complexity index is 1030. The maximum atomic E-state index is 12.5. The third-order valence-electron chi connectivity index (χ3n) is 5.42. The number of carbonyl (C=O) groups is 1. The lowest BCUT2D eigenvalue weighted by atomic mass is 10.3. The van der Waals surface area contributed by atoms with E-state index in [0.29, 0.717) is 23.7 Å². The lowest BCUT2D eigenvalue weighted by Gasteiger charge is -2.19. The summed E-state index contributed by atoms with van der Waals surface area (Å²) in [6, 6.07) is 0.340. The Morgan fingerprint density at radius 3 is 2.63 bits per heavy atom. The number of amides is 1. The minimum Gasteiger partial charge on any atom is -0.355 e. The molecule has 3 atom stereocenters. The molecular formula is C18H20N8O. The number of nitrogens with two attached hydrogens (primary N) is 1. The molecule has 2 fully saturated rings. The third kappa shape index (κ3) is 2.71. The summed E-state index contributed by atoms with van der Waals surface area (Å²) in [7, 11) is 0. The van der Waals surface area contributed by atoms with Crippen LogP contribution in [0, 0.1) is 25.7 Å². The van der Waals surface area contributed by atoms with Crippen molar-refractivity contribution in [1.82, 2.24) is 24.3 Å². The lowest BCUT2D eigenvalue weighted by Crippen LogP contribution is -2.29. The highest BCUT2D eigenvalue weighted by Gasteiger charge is 2.53. The molecule has 27 heavy (non-hydrogen) atoms. The second kappa shape index (κ2) is 5.71. The van der Waals surface area contributed by atoms with Crippen LogP contribution in [0.15, 0.2) is 24.8 Å². The first-order valence-corrected chi connectivity index (χ1v) is 8.96. The highest BCUT2D eigenvalue weighted by Crippen LogP contribution is 2.44. The number of aromatic nitrogens is 5. The topological polar surface area (TPSA) is 114 Å². The number of nitrogens with one attached hydrogen (secondary N) is 1. The average Bonchev–Trinajstić information content (AvgIpc) is 3.03. The molecule has 3 aromatic heterocycles. The van der Waals surface area contributed by atoms with Crippen LogP contribution in [0.2, 0.25) is 0 Å². The SMILES string of the molecule is Cc1cn2cc(NC(=O)c3cnc(N4C[C@@H]5C(N)[C@@H]5C4)cn3)nc(C)c2n1. The van der Waals surface area contributed by atoms with Crippen LogP contribution < -0.4 is 16.0 Å². The number of imidazole rings is 1. The van der Waals surface area contributed by atoms with Crippen LogP contribution in [0.5, 0.6) is 0 Å². The normalized spacial score (nSPS) is 23.5. The van der Waals surface area contributed by atoms with E-state index < -0.39 is 0 Å². The number of hydrogen-bond acceptors (Lipinski definition) is 7. The minimum absolute atomic E-state index is 0.251. The fourth-order valence-corrected chi connectivity index (χ4v) is 3.88. The van der Waals surface area contributed by atoms with Gasteiger partial charge in [0.15, 0.2) is 5.65 Å². The summed E-state index contributed by atoms with van der Waals surface area (Å²) in [6.45, 7) is 5.61. The summed E-state index contributed by atoms with van der Waals surface area (Å²) in [5, 5.41) is 2.78. The van der Waals surface area contributed by atoms with Gasteiger partial charge in [-0.1, -0.05) is 0 Å².